The summed E-state index contributed by atoms with van der Waals surface area (Å²) in [6.07, 6.45) is 2.14. The molecule has 0 radical (unpaired) electrons. The van der Waals surface area contributed by atoms with Crippen LogP contribution in [0.4, 0.5) is 5.69 Å². The standard InChI is InChI=1S/C25H32N2O5/c1-18(2)16-31-21-12-8-19(9-13-21)26-24(28)14-15-27(20-10-11-20)25(29)17-32-23-7-5-4-6-22(23)30-3/h4-9,12-13,18,20H,10-11,14-17H2,1-3H3,(H,26,28). The number of hydrogen-bond donors (Lipinski definition) is 1. The lowest BCUT2D eigenvalue weighted by Crippen LogP contribution is -2.38. The number of hydrogen-bond acceptors (Lipinski definition) is 5. The van der Waals surface area contributed by atoms with Crippen molar-refractivity contribution >= 4 is 17.5 Å². The summed E-state index contributed by atoms with van der Waals surface area (Å²) in [5.74, 6) is 2.07. The molecular formula is C25H32N2O5. The van der Waals surface area contributed by atoms with Crippen molar-refractivity contribution in [3.8, 4) is 17.2 Å². The molecule has 32 heavy (non-hydrogen) atoms. The maximum Gasteiger partial charge on any atom is 0.260 e. The largest absolute Gasteiger partial charge is 0.493 e. The van der Waals surface area contributed by atoms with Crippen LogP contribution in [0.5, 0.6) is 17.2 Å². The van der Waals surface area contributed by atoms with Gasteiger partial charge in [0.05, 0.1) is 13.7 Å². The van der Waals surface area contributed by atoms with E-state index in [1.165, 1.54) is 0 Å². The summed E-state index contributed by atoms with van der Waals surface area (Å²) in [6, 6.07) is 14.7. The number of carbonyl (C=O) groups is 2. The van der Waals surface area contributed by atoms with Crippen molar-refractivity contribution in [3.63, 3.8) is 0 Å². The number of carbonyl (C=O) groups excluding carboxylic acids is 2. The first-order chi connectivity index (χ1) is 15.5. The Balaban J connectivity index is 1.46. The summed E-state index contributed by atoms with van der Waals surface area (Å²) in [5, 5.41) is 2.88. The van der Waals surface area contributed by atoms with E-state index in [0.29, 0.717) is 36.3 Å². The fourth-order valence-electron chi connectivity index (χ4n) is 3.20. The minimum atomic E-state index is -0.134. The lowest BCUT2D eigenvalue weighted by Gasteiger charge is -2.22. The van der Waals surface area contributed by atoms with Gasteiger partial charge in [0, 0.05) is 24.7 Å². The molecule has 1 N–H and O–H groups in total. The highest BCUT2D eigenvalue weighted by molar-refractivity contribution is 5.91. The second-order valence-electron chi connectivity index (χ2n) is 8.29. The van der Waals surface area contributed by atoms with Crippen LogP contribution in [0.25, 0.3) is 0 Å². The first-order valence-electron chi connectivity index (χ1n) is 11.0. The first kappa shape index (κ1) is 23.4. The van der Waals surface area contributed by atoms with E-state index in [4.69, 9.17) is 14.2 Å². The Morgan fingerprint density at radius 2 is 1.72 bits per heavy atom. The Labute approximate surface area is 189 Å². The van der Waals surface area contributed by atoms with Crippen molar-refractivity contribution in [3.05, 3.63) is 48.5 Å². The Bertz CT molecular complexity index is 893. The molecule has 172 valence electrons. The van der Waals surface area contributed by atoms with Crippen molar-refractivity contribution in [1.82, 2.24) is 4.90 Å². The highest BCUT2D eigenvalue weighted by Crippen LogP contribution is 2.29. The van der Waals surface area contributed by atoms with Crippen LogP contribution in [-0.4, -0.2) is 49.6 Å². The summed E-state index contributed by atoms with van der Waals surface area (Å²) < 4.78 is 16.6. The van der Waals surface area contributed by atoms with Gasteiger partial charge in [0.15, 0.2) is 18.1 Å². The lowest BCUT2D eigenvalue weighted by molar-refractivity contribution is -0.134. The van der Waals surface area contributed by atoms with Crippen LogP contribution < -0.4 is 19.5 Å². The average Bonchev–Trinajstić information content (AvgIpc) is 3.62. The number of para-hydroxylation sites is 2. The van der Waals surface area contributed by atoms with Gasteiger partial charge in [-0.15, -0.1) is 0 Å². The summed E-state index contributed by atoms with van der Waals surface area (Å²) >= 11 is 0. The second kappa shape index (κ2) is 11.4. The Morgan fingerprint density at radius 3 is 2.34 bits per heavy atom. The molecule has 3 rings (SSSR count). The number of anilines is 1. The minimum absolute atomic E-state index is 0.0870. The number of methoxy groups -OCH3 is 1. The summed E-state index contributed by atoms with van der Waals surface area (Å²) in [5.41, 5.74) is 0.704. The van der Waals surface area contributed by atoms with E-state index < -0.39 is 0 Å². The average molecular weight is 441 g/mol. The zero-order valence-electron chi connectivity index (χ0n) is 19.0. The molecule has 2 aromatic rings. The second-order valence-corrected chi connectivity index (χ2v) is 8.29. The Kier molecular flexibility index (Phi) is 8.36. The highest BCUT2D eigenvalue weighted by Gasteiger charge is 2.32. The molecular weight excluding hydrogens is 408 g/mol. The van der Waals surface area contributed by atoms with Crippen molar-refractivity contribution in [2.24, 2.45) is 5.92 Å². The number of nitrogens with zero attached hydrogens (tertiary/aromatic N) is 1. The van der Waals surface area contributed by atoms with Crippen LogP contribution in [0.15, 0.2) is 48.5 Å². The summed E-state index contributed by atoms with van der Waals surface area (Å²) in [4.78, 5) is 26.9. The number of benzene rings is 2. The smallest absolute Gasteiger partial charge is 0.260 e. The summed E-state index contributed by atoms with van der Waals surface area (Å²) in [7, 11) is 1.56. The first-order valence-corrected chi connectivity index (χ1v) is 11.0. The van der Waals surface area contributed by atoms with Gasteiger partial charge in [0.25, 0.3) is 5.91 Å². The van der Waals surface area contributed by atoms with Crippen LogP contribution in [-0.2, 0) is 9.59 Å². The van der Waals surface area contributed by atoms with Gasteiger partial charge in [-0.25, -0.2) is 0 Å². The molecule has 0 aromatic heterocycles. The molecule has 0 spiro atoms. The molecule has 0 unspecified atom stereocenters. The third-order valence-corrected chi connectivity index (χ3v) is 5.03. The van der Waals surface area contributed by atoms with Gasteiger partial charge in [0.2, 0.25) is 5.91 Å². The molecule has 7 nitrogen and oxygen atoms in total. The third-order valence-electron chi connectivity index (χ3n) is 5.03. The summed E-state index contributed by atoms with van der Waals surface area (Å²) in [6.45, 7) is 5.11. The molecule has 0 heterocycles. The van der Waals surface area contributed by atoms with Crippen LogP contribution in [0, 0.1) is 5.92 Å². The van der Waals surface area contributed by atoms with Crippen molar-refractivity contribution < 1.29 is 23.8 Å². The fourth-order valence-corrected chi connectivity index (χ4v) is 3.20. The monoisotopic (exact) mass is 440 g/mol. The van der Waals surface area contributed by atoms with Gasteiger partial charge in [0.1, 0.15) is 5.75 Å². The predicted octanol–water partition coefficient (Wildman–Crippen LogP) is 4.13. The fraction of sp³-hybridized carbons (Fsp3) is 0.440. The van der Waals surface area contributed by atoms with Crippen molar-refractivity contribution in [1.29, 1.82) is 0 Å². The number of amides is 2. The molecule has 1 aliphatic carbocycles. The van der Waals surface area contributed by atoms with Gasteiger partial charge in [-0.3, -0.25) is 9.59 Å². The lowest BCUT2D eigenvalue weighted by atomic mass is 10.2. The third kappa shape index (κ3) is 7.18. The van der Waals surface area contributed by atoms with Gasteiger partial charge in [-0.1, -0.05) is 26.0 Å². The van der Waals surface area contributed by atoms with E-state index in [0.717, 1.165) is 18.6 Å². The van der Waals surface area contributed by atoms with E-state index in [2.05, 4.69) is 19.2 Å². The van der Waals surface area contributed by atoms with Crippen molar-refractivity contribution in [2.75, 3.05) is 32.2 Å². The maximum absolute atomic E-state index is 12.7. The molecule has 0 bridgehead atoms. The van der Waals surface area contributed by atoms with Crippen LogP contribution in [0.2, 0.25) is 0 Å². The van der Waals surface area contributed by atoms with Crippen LogP contribution in [0.1, 0.15) is 33.1 Å². The van der Waals surface area contributed by atoms with Crippen molar-refractivity contribution in [2.45, 2.75) is 39.2 Å². The van der Waals surface area contributed by atoms with Gasteiger partial charge >= 0.3 is 0 Å². The predicted molar refractivity (Wildman–Crippen MR) is 123 cm³/mol. The zero-order chi connectivity index (χ0) is 22.9. The Hall–Kier alpha value is -3.22. The van der Waals surface area contributed by atoms with Gasteiger partial charge in [-0.05, 0) is 55.2 Å². The number of rotatable bonds is 12. The Morgan fingerprint density at radius 1 is 1.03 bits per heavy atom. The molecule has 0 atom stereocenters. The minimum Gasteiger partial charge on any atom is -0.493 e. The molecule has 1 saturated carbocycles. The molecule has 1 fully saturated rings. The van der Waals surface area contributed by atoms with E-state index in [-0.39, 0.29) is 30.9 Å². The van der Waals surface area contributed by atoms with E-state index in [9.17, 15) is 9.59 Å². The van der Waals surface area contributed by atoms with E-state index >= 15 is 0 Å². The highest BCUT2D eigenvalue weighted by atomic mass is 16.5. The van der Waals surface area contributed by atoms with E-state index in [1.54, 1.807) is 24.1 Å². The molecule has 0 aliphatic heterocycles. The van der Waals surface area contributed by atoms with Crippen LogP contribution >= 0.6 is 0 Å². The molecule has 2 aromatic carbocycles. The molecule has 7 heteroatoms. The normalized spacial score (nSPS) is 12.9. The zero-order valence-corrected chi connectivity index (χ0v) is 19.0. The number of nitrogens with one attached hydrogen (secondary N) is 1. The molecule has 1 aliphatic rings. The van der Waals surface area contributed by atoms with E-state index in [1.807, 2.05) is 36.4 Å². The van der Waals surface area contributed by atoms with Gasteiger partial charge < -0.3 is 24.4 Å². The van der Waals surface area contributed by atoms with Crippen LogP contribution in [0.3, 0.4) is 0 Å². The maximum atomic E-state index is 12.7. The SMILES string of the molecule is COc1ccccc1OCC(=O)N(CCC(=O)Nc1ccc(OCC(C)C)cc1)C1CC1. The topological polar surface area (TPSA) is 77.1 Å². The number of ether oxygens (including phenoxy) is 3. The molecule has 0 saturated heterocycles. The quantitative estimate of drug-likeness (QED) is 0.537. The molecule has 2 amide bonds. The van der Waals surface area contributed by atoms with Gasteiger partial charge in [-0.2, -0.15) is 0 Å².